The summed E-state index contributed by atoms with van der Waals surface area (Å²) in [6.07, 6.45) is 0. The van der Waals surface area contributed by atoms with Crippen molar-refractivity contribution >= 4 is 17.4 Å². The number of para-hydroxylation sites is 1. The average molecular weight is 200 g/mol. The second-order valence-corrected chi connectivity index (χ2v) is 3.21. The van der Waals surface area contributed by atoms with Crippen LogP contribution >= 0.6 is 0 Å². The van der Waals surface area contributed by atoms with Crippen molar-refractivity contribution in [3.8, 4) is 0 Å². The molecule has 0 atom stereocenters. The minimum atomic E-state index is -0.534. The Bertz CT molecular complexity index is 600. The fourth-order valence-electron chi connectivity index (χ4n) is 1.40. The van der Waals surface area contributed by atoms with E-state index in [1.165, 1.54) is 6.92 Å². The molecule has 74 valence electrons. The molecule has 1 aliphatic rings. The first kappa shape index (κ1) is 9.45. The topological polar surface area (TPSA) is 58.9 Å². The molecular weight excluding hydrogens is 192 g/mol. The van der Waals surface area contributed by atoms with Gasteiger partial charge in [-0.3, -0.25) is 4.79 Å². The lowest BCUT2D eigenvalue weighted by Crippen LogP contribution is -2.26. The normalized spacial score (nSPS) is 12.7. The highest BCUT2D eigenvalue weighted by atomic mass is 16.2. The van der Waals surface area contributed by atoms with Gasteiger partial charge in [-0.25, -0.2) is 4.79 Å². The maximum atomic E-state index is 11.2. The number of amides is 2. The summed E-state index contributed by atoms with van der Waals surface area (Å²) in [6.45, 7) is 5.09. The highest BCUT2D eigenvalue weighted by Crippen LogP contribution is 2.07. The molecule has 0 bridgehead atoms. The Labute approximate surface area is 85.7 Å². The molecule has 2 amide bonds. The van der Waals surface area contributed by atoms with E-state index >= 15 is 0 Å². The Kier molecular flexibility index (Phi) is 2.04. The quantitative estimate of drug-likeness (QED) is 0.658. The molecule has 4 nitrogen and oxygen atoms in total. The summed E-state index contributed by atoms with van der Waals surface area (Å²) >= 11 is 0. The van der Waals surface area contributed by atoms with E-state index in [1.807, 2.05) is 0 Å². The third-order valence-electron chi connectivity index (χ3n) is 2.19. The smallest absolute Gasteiger partial charge is 0.295 e. The number of allylic oxidation sites excluding steroid dienone is 1. The number of urea groups is 1. The van der Waals surface area contributed by atoms with E-state index in [9.17, 15) is 9.59 Å². The molecule has 0 fully saturated rings. The van der Waals surface area contributed by atoms with Gasteiger partial charge in [-0.1, -0.05) is 18.7 Å². The number of Topliss-reactive ketones (excluding diaryl/α,β-unsaturated/α-hetero) is 1. The summed E-state index contributed by atoms with van der Waals surface area (Å²) in [4.78, 5) is 29.6. The first-order valence-corrected chi connectivity index (χ1v) is 4.40. The van der Waals surface area contributed by atoms with Crippen molar-refractivity contribution in [1.29, 1.82) is 0 Å². The Hall–Kier alpha value is -2.10. The van der Waals surface area contributed by atoms with E-state index in [0.29, 0.717) is 21.9 Å². The zero-order valence-corrected chi connectivity index (χ0v) is 8.15. The molecule has 0 spiro atoms. The third kappa shape index (κ3) is 1.50. The lowest BCUT2D eigenvalue weighted by atomic mass is 10.0. The van der Waals surface area contributed by atoms with Crippen LogP contribution in [0, 0.1) is 0 Å². The molecule has 0 saturated heterocycles. The van der Waals surface area contributed by atoms with Gasteiger partial charge in [0.25, 0.3) is 0 Å². The number of hydrogen-bond acceptors (Lipinski definition) is 2. The molecule has 0 saturated carbocycles. The molecule has 1 aliphatic heterocycles. The summed E-state index contributed by atoms with van der Waals surface area (Å²) < 4.78 is 0. The monoisotopic (exact) mass is 200 g/mol. The van der Waals surface area contributed by atoms with Gasteiger partial charge in [-0.2, -0.15) is 9.98 Å². The van der Waals surface area contributed by atoms with Crippen molar-refractivity contribution in [3.63, 3.8) is 0 Å². The second-order valence-electron chi connectivity index (χ2n) is 3.21. The number of carbonyl (C=O) groups is 2. The van der Waals surface area contributed by atoms with Gasteiger partial charge in [0, 0.05) is 11.1 Å². The van der Waals surface area contributed by atoms with Crippen LogP contribution < -0.4 is 10.7 Å². The number of nitrogens with zero attached hydrogens (tertiary/aromatic N) is 2. The minimum absolute atomic E-state index is 0.141. The molecule has 0 aliphatic carbocycles. The fourth-order valence-corrected chi connectivity index (χ4v) is 1.40. The Morgan fingerprint density at radius 2 is 2.07 bits per heavy atom. The van der Waals surface area contributed by atoms with Gasteiger partial charge >= 0.3 is 6.03 Å². The lowest BCUT2D eigenvalue weighted by molar-refractivity contribution is -0.111. The maximum Gasteiger partial charge on any atom is 0.368 e. The van der Waals surface area contributed by atoms with Crippen LogP contribution in [-0.4, -0.2) is 11.8 Å². The highest BCUT2D eigenvalue weighted by molar-refractivity contribution is 6.18. The van der Waals surface area contributed by atoms with Crippen LogP contribution in [-0.2, 0) is 4.79 Å². The van der Waals surface area contributed by atoms with E-state index in [2.05, 4.69) is 16.6 Å². The zero-order valence-electron chi connectivity index (χ0n) is 8.15. The average Bonchev–Trinajstić information content (AvgIpc) is 2.56. The maximum absolute atomic E-state index is 11.2. The van der Waals surface area contributed by atoms with Crippen LogP contribution in [0.4, 0.5) is 4.79 Å². The van der Waals surface area contributed by atoms with Gasteiger partial charge < -0.3 is 0 Å². The van der Waals surface area contributed by atoms with Crippen LogP contribution in [0.15, 0.2) is 34.8 Å². The predicted octanol–water partition coefficient (Wildman–Crippen LogP) is 0.662. The van der Waals surface area contributed by atoms with E-state index in [1.54, 1.807) is 18.2 Å². The molecule has 1 aromatic carbocycles. The Morgan fingerprint density at radius 1 is 1.33 bits per heavy atom. The van der Waals surface area contributed by atoms with E-state index < -0.39 is 6.03 Å². The van der Waals surface area contributed by atoms with Gasteiger partial charge in [-0.15, -0.1) is 0 Å². The van der Waals surface area contributed by atoms with Crippen LogP contribution in [0.3, 0.4) is 0 Å². The lowest BCUT2D eigenvalue weighted by Gasteiger charge is -1.99. The largest absolute Gasteiger partial charge is 0.368 e. The zero-order chi connectivity index (χ0) is 11.0. The molecule has 2 rings (SSSR count). The van der Waals surface area contributed by atoms with Crippen molar-refractivity contribution in [2.75, 3.05) is 0 Å². The van der Waals surface area contributed by atoms with Gasteiger partial charge in [0.05, 0.1) is 5.36 Å². The number of ketones is 1. The molecule has 1 heterocycles. The second kappa shape index (κ2) is 3.24. The van der Waals surface area contributed by atoms with Gasteiger partial charge in [-0.05, 0) is 13.0 Å². The number of fused-ring (bicyclic) bond motifs is 1. The van der Waals surface area contributed by atoms with Crippen molar-refractivity contribution in [2.45, 2.75) is 6.92 Å². The number of rotatable bonds is 2. The van der Waals surface area contributed by atoms with Crippen LogP contribution in [0.2, 0.25) is 0 Å². The highest BCUT2D eigenvalue weighted by Gasteiger charge is 2.12. The number of hydrogen-bond donors (Lipinski definition) is 0. The first-order chi connectivity index (χ1) is 7.09. The standard InChI is InChI=1S/C11H8N2O2/c1-6(7(2)14)8-4-3-5-9-10(8)13-11(15)12-9/h3-5H,1H2,2H3. The fraction of sp³-hybridized carbons (Fsp3) is 0.0909. The molecule has 4 heteroatoms. The van der Waals surface area contributed by atoms with Crippen molar-refractivity contribution in [3.05, 3.63) is 41.1 Å². The van der Waals surface area contributed by atoms with Crippen molar-refractivity contribution < 1.29 is 9.59 Å². The minimum Gasteiger partial charge on any atom is -0.295 e. The predicted molar refractivity (Wildman–Crippen MR) is 53.9 cm³/mol. The van der Waals surface area contributed by atoms with Gasteiger partial charge in [0.15, 0.2) is 5.78 Å². The Balaban J connectivity index is 2.74. The summed E-state index contributed by atoms with van der Waals surface area (Å²) in [5.41, 5.74) is 0.926. The number of benzene rings is 1. The van der Waals surface area contributed by atoms with E-state index in [0.717, 1.165) is 0 Å². The van der Waals surface area contributed by atoms with Crippen LogP contribution in [0.25, 0.3) is 5.57 Å². The summed E-state index contributed by atoms with van der Waals surface area (Å²) in [7, 11) is 0. The third-order valence-corrected chi connectivity index (χ3v) is 2.19. The molecule has 0 N–H and O–H groups in total. The summed E-state index contributed by atoms with van der Waals surface area (Å²) in [5.74, 6) is -0.141. The molecule has 1 aromatic rings. The molecule has 0 aromatic heterocycles. The van der Waals surface area contributed by atoms with Crippen LogP contribution in [0.1, 0.15) is 12.5 Å². The van der Waals surface area contributed by atoms with E-state index in [-0.39, 0.29) is 5.78 Å². The van der Waals surface area contributed by atoms with Gasteiger partial charge in [0.2, 0.25) is 0 Å². The molecule has 0 radical (unpaired) electrons. The molecular formula is C11H8N2O2. The SMILES string of the molecule is C=C(C(C)=O)c1cccc2c1=NC(=O)N=2. The van der Waals surface area contributed by atoms with Crippen molar-refractivity contribution in [1.82, 2.24) is 0 Å². The molecule has 0 unspecified atom stereocenters. The summed E-state index contributed by atoms with van der Waals surface area (Å²) in [6, 6.07) is 4.58. The summed E-state index contributed by atoms with van der Waals surface area (Å²) in [5, 5.41) is 0.947. The van der Waals surface area contributed by atoms with Crippen LogP contribution in [0.5, 0.6) is 0 Å². The van der Waals surface area contributed by atoms with E-state index in [4.69, 9.17) is 0 Å². The van der Waals surface area contributed by atoms with Gasteiger partial charge in [0.1, 0.15) is 5.36 Å². The Morgan fingerprint density at radius 3 is 2.73 bits per heavy atom. The first-order valence-electron chi connectivity index (χ1n) is 4.40. The molecule has 15 heavy (non-hydrogen) atoms. The van der Waals surface area contributed by atoms with Crippen molar-refractivity contribution in [2.24, 2.45) is 9.98 Å². The number of carbonyl (C=O) groups excluding carboxylic acids is 2.